The summed E-state index contributed by atoms with van der Waals surface area (Å²) in [6.45, 7) is 3.80. The van der Waals surface area contributed by atoms with Crippen molar-refractivity contribution in [1.29, 1.82) is 0 Å². The Labute approximate surface area is 123 Å². The number of hydrogen-bond acceptors (Lipinski definition) is 5. The van der Waals surface area contributed by atoms with Crippen LogP contribution in [0.4, 0.5) is 0 Å². The number of nitrogens with zero attached hydrogens (tertiary/aromatic N) is 5. The molecule has 0 aliphatic carbocycles. The van der Waals surface area contributed by atoms with Crippen LogP contribution in [-0.2, 0) is 21.4 Å². The molecule has 0 bridgehead atoms. The zero-order valence-corrected chi connectivity index (χ0v) is 12.8. The second-order valence-electron chi connectivity index (χ2n) is 5.48. The lowest BCUT2D eigenvalue weighted by Crippen LogP contribution is -2.51. The van der Waals surface area contributed by atoms with Crippen molar-refractivity contribution >= 4 is 15.9 Å². The van der Waals surface area contributed by atoms with Crippen LogP contribution < -0.4 is 0 Å². The van der Waals surface area contributed by atoms with Crippen molar-refractivity contribution in [2.24, 2.45) is 0 Å². The molecule has 9 heteroatoms. The summed E-state index contributed by atoms with van der Waals surface area (Å²) < 4.78 is 26.5. The minimum Gasteiger partial charge on any atom is -0.337 e. The van der Waals surface area contributed by atoms with E-state index >= 15 is 0 Å². The molecule has 21 heavy (non-hydrogen) atoms. The first-order chi connectivity index (χ1) is 9.99. The fourth-order valence-electron chi connectivity index (χ4n) is 2.62. The first-order valence-corrected chi connectivity index (χ1v) is 8.77. The zero-order chi connectivity index (χ0) is 15.0. The number of amides is 1. The number of hydrogen-bond donors (Lipinski definition) is 0. The Balaban J connectivity index is 1.58. The minimum absolute atomic E-state index is 0.0434. The van der Waals surface area contributed by atoms with Gasteiger partial charge in [0.25, 0.3) is 0 Å². The van der Waals surface area contributed by atoms with E-state index in [1.165, 1.54) is 4.31 Å². The van der Waals surface area contributed by atoms with Crippen LogP contribution in [0.1, 0.15) is 31.5 Å². The van der Waals surface area contributed by atoms with Gasteiger partial charge in [-0.25, -0.2) is 13.1 Å². The van der Waals surface area contributed by atoms with Gasteiger partial charge in [0.05, 0.1) is 24.5 Å². The van der Waals surface area contributed by atoms with Crippen molar-refractivity contribution in [2.75, 3.05) is 25.4 Å². The average molecular weight is 313 g/mol. The molecule has 2 fully saturated rings. The third-order valence-electron chi connectivity index (χ3n) is 4.04. The lowest BCUT2D eigenvalue weighted by atomic mass is 10.2. The minimum atomic E-state index is -3.10. The van der Waals surface area contributed by atoms with Crippen LogP contribution in [0.15, 0.2) is 6.20 Å². The second kappa shape index (κ2) is 5.38. The molecule has 1 aromatic heterocycles. The van der Waals surface area contributed by atoms with Crippen molar-refractivity contribution < 1.29 is 13.2 Å². The largest absolute Gasteiger partial charge is 0.337 e. The summed E-state index contributed by atoms with van der Waals surface area (Å²) in [6.07, 6.45) is 3.33. The average Bonchev–Trinajstić information content (AvgIpc) is 2.99. The zero-order valence-electron chi connectivity index (χ0n) is 12.0. The Morgan fingerprint density at radius 2 is 2.14 bits per heavy atom. The molecule has 0 radical (unpaired) electrons. The summed E-state index contributed by atoms with van der Waals surface area (Å²) in [6, 6.07) is 0.0434. The molecular formula is C12H19N5O3S. The van der Waals surface area contributed by atoms with Crippen molar-refractivity contribution in [3.8, 4) is 0 Å². The van der Waals surface area contributed by atoms with Crippen LogP contribution in [0.5, 0.6) is 0 Å². The summed E-state index contributed by atoms with van der Waals surface area (Å²) in [7, 11) is -3.10. The van der Waals surface area contributed by atoms with Gasteiger partial charge in [0.2, 0.25) is 15.9 Å². The van der Waals surface area contributed by atoms with Crippen molar-refractivity contribution in [3.63, 3.8) is 0 Å². The van der Waals surface area contributed by atoms with Crippen molar-refractivity contribution in [1.82, 2.24) is 24.2 Å². The maximum absolute atomic E-state index is 11.7. The molecule has 2 saturated heterocycles. The van der Waals surface area contributed by atoms with Crippen LogP contribution in [0.2, 0.25) is 0 Å². The summed E-state index contributed by atoms with van der Waals surface area (Å²) in [5.41, 5.74) is 0.752. The highest BCUT2D eigenvalue weighted by molar-refractivity contribution is 7.89. The van der Waals surface area contributed by atoms with Crippen molar-refractivity contribution in [2.45, 2.75) is 32.4 Å². The molecule has 2 aliphatic rings. The summed E-state index contributed by atoms with van der Waals surface area (Å²) in [5, 5.41) is 8.13. The van der Waals surface area contributed by atoms with E-state index in [9.17, 15) is 13.2 Å². The number of carbonyl (C=O) groups is 1. The van der Waals surface area contributed by atoms with E-state index in [1.807, 2.05) is 6.20 Å². The molecule has 8 nitrogen and oxygen atoms in total. The van der Waals surface area contributed by atoms with E-state index in [2.05, 4.69) is 10.3 Å². The fourth-order valence-corrected chi connectivity index (χ4v) is 3.79. The Hall–Kier alpha value is -1.48. The van der Waals surface area contributed by atoms with Crippen LogP contribution in [-0.4, -0.2) is 63.9 Å². The molecule has 3 heterocycles. The maximum atomic E-state index is 11.7. The highest BCUT2D eigenvalue weighted by Gasteiger charge is 2.36. The van der Waals surface area contributed by atoms with Gasteiger partial charge in [-0.15, -0.1) is 5.10 Å². The lowest BCUT2D eigenvalue weighted by molar-refractivity contribution is -0.128. The molecule has 0 atom stereocenters. The Bertz CT molecular complexity index is 635. The van der Waals surface area contributed by atoms with Gasteiger partial charge in [0.1, 0.15) is 5.69 Å². The van der Waals surface area contributed by atoms with Gasteiger partial charge in [-0.1, -0.05) is 5.21 Å². The number of carbonyl (C=O) groups excluding carboxylic acids is 1. The van der Waals surface area contributed by atoms with E-state index in [0.29, 0.717) is 26.1 Å². The fraction of sp³-hybridized carbons (Fsp3) is 0.750. The molecule has 1 aromatic rings. The SMILES string of the molecule is CCS(=O)(=O)N1CC(n2cc(CN3CCCC3=O)nn2)C1. The Kier molecular flexibility index (Phi) is 3.70. The summed E-state index contributed by atoms with van der Waals surface area (Å²) in [5.74, 6) is 0.285. The molecule has 1 amide bonds. The molecule has 3 rings (SSSR count). The van der Waals surface area contributed by atoms with Gasteiger partial charge >= 0.3 is 0 Å². The topological polar surface area (TPSA) is 88.4 Å². The molecule has 0 spiro atoms. The number of likely N-dealkylation sites (tertiary alicyclic amines) is 1. The van der Waals surface area contributed by atoms with E-state index in [0.717, 1.165) is 18.7 Å². The quantitative estimate of drug-likeness (QED) is 0.738. The van der Waals surface area contributed by atoms with Gasteiger partial charge in [0.15, 0.2) is 0 Å². The molecule has 116 valence electrons. The molecular weight excluding hydrogens is 294 g/mol. The van der Waals surface area contributed by atoms with Crippen molar-refractivity contribution in [3.05, 3.63) is 11.9 Å². The highest BCUT2D eigenvalue weighted by Crippen LogP contribution is 2.24. The predicted octanol–water partition coefficient (Wildman–Crippen LogP) is -0.393. The number of aromatic nitrogens is 3. The molecule has 0 unspecified atom stereocenters. The van der Waals surface area contributed by atoms with E-state index < -0.39 is 10.0 Å². The smallest absolute Gasteiger partial charge is 0.222 e. The molecule has 0 N–H and O–H groups in total. The number of rotatable bonds is 5. The first-order valence-electron chi connectivity index (χ1n) is 7.16. The summed E-state index contributed by atoms with van der Waals surface area (Å²) in [4.78, 5) is 13.4. The lowest BCUT2D eigenvalue weighted by Gasteiger charge is -2.37. The van der Waals surface area contributed by atoms with Gasteiger partial charge in [0, 0.05) is 26.1 Å². The van der Waals surface area contributed by atoms with Crippen LogP contribution in [0, 0.1) is 0 Å². The van der Waals surface area contributed by atoms with Gasteiger partial charge in [-0.05, 0) is 13.3 Å². The van der Waals surface area contributed by atoms with E-state index in [-0.39, 0.29) is 17.7 Å². The summed E-state index contributed by atoms with van der Waals surface area (Å²) >= 11 is 0. The highest BCUT2D eigenvalue weighted by atomic mass is 32.2. The standard InChI is InChI=1S/C12H19N5O3S/c1-2-21(19,20)16-8-11(9-16)17-7-10(13-14-17)6-15-5-3-4-12(15)18/h7,11H,2-6,8-9H2,1H3. The molecule has 2 aliphatic heterocycles. The third-order valence-corrected chi connectivity index (χ3v) is 5.86. The van der Waals surface area contributed by atoms with Gasteiger partial charge in [-0.2, -0.15) is 4.31 Å². The monoisotopic (exact) mass is 313 g/mol. The van der Waals surface area contributed by atoms with Crippen LogP contribution in [0.25, 0.3) is 0 Å². The van der Waals surface area contributed by atoms with Gasteiger partial charge in [-0.3, -0.25) is 4.79 Å². The normalized spacial score (nSPS) is 21.0. The number of sulfonamides is 1. The second-order valence-corrected chi connectivity index (χ2v) is 7.74. The third kappa shape index (κ3) is 2.80. The Morgan fingerprint density at radius 3 is 2.76 bits per heavy atom. The predicted molar refractivity (Wildman–Crippen MR) is 74.7 cm³/mol. The van der Waals surface area contributed by atoms with Crippen LogP contribution in [0.3, 0.4) is 0 Å². The van der Waals surface area contributed by atoms with E-state index in [4.69, 9.17) is 0 Å². The van der Waals surface area contributed by atoms with Crippen LogP contribution >= 0.6 is 0 Å². The molecule has 0 saturated carbocycles. The van der Waals surface area contributed by atoms with Gasteiger partial charge < -0.3 is 4.90 Å². The first kappa shape index (κ1) is 14.5. The van der Waals surface area contributed by atoms with E-state index in [1.54, 1.807) is 16.5 Å². The maximum Gasteiger partial charge on any atom is 0.222 e. The molecule has 0 aromatic carbocycles. The Morgan fingerprint density at radius 1 is 1.38 bits per heavy atom.